The average Bonchev–Trinajstić information content (AvgIpc) is 3.34. The zero-order valence-electron chi connectivity index (χ0n) is 16.6. The summed E-state index contributed by atoms with van der Waals surface area (Å²) in [6.07, 6.45) is 4.94. The van der Waals surface area contributed by atoms with Crippen LogP contribution in [0.3, 0.4) is 0 Å². The lowest BCUT2D eigenvalue weighted by atomic mass is 9.90. The molecule has 1 atom stereocenters. The molecule has 1 aliphatic carbocycles. The molecule has 148 valence electrons. The van der Waals surface area contributed by atoms with Crippen molar-refractivity contribution in [2.45, 2.75) is 65.7 Å². The highest BCUT2D eigenvalue weighted by Gasteiger charge is 2.23. The molecule has 1 aliphatic rings. The first-order valence-corrected chi connectivity index (χ1v) is 11.5. The molecular formula is C21H33FO3S. The molecule has 0 heterocycles. The van der Waals surface area contributed by atoms with Crippen LogP contribution in [0.5, 0.6) is 5.75 Å². The van der Waals surface area contributed by atoms with Gasteiger partial charge < -0.3 is 4.74 Å². The molecule has 0 saturated heterocycles. The van der Waals surface area contributed by atoms with Crippen LogP contribution >= 0.6 is 0 Å². The van der Waals surface area contributed by atoms with Crippen molar-refractivity contribution >= 4 is 9.84 Å². The summed E-state index contributed by atoms with van der Waals surface area (Å²) in [5.41, 5.74) is 1.05. The van der Waals surface area contributed by atoms with Crippen LogP contribution < -0.4 is 4.74 Å². The van der Waals surface area contributed by atoms with Crippen molar-refractivity contribution in [3.63, 3.8) is 0 Å². The molecule has 2 rings (SSSR count). The SMILES string of the molecule is C[C@@H](CS(=O)(=O)CCCCC(C)(C)C)c1ccc(F)c(OCC2CC2)c1. The van der Waals surface area contributed by atoms with E-state index in [0.29, 0.717) is 18.9 Å². The van der Waals surface area contributed by atoms with Gasteiger partial charge in [-0.1, -0.05) is 40.2 Å². The Kier molecular flexibility index (Phi) is 7.12. The van der Waals surface area contributed by atoms with Crippen LogP contribution in [0, 0.1) is 17.2 Å². The van der Waals surface area contributed by atoms with Crippen molar-refractivity contribution in [2.75, 3.05) is 18.1 Å². The largest absolute Gasteiger partial charge is 0.490 e. The van der Waals surface area contributed by atoms with Gasteiger partial charge >= 0.3 is 0 Å². The molecule has 0 spiro atoms. The number of rotatable bonds is 10. The molecule has 0 aliphatic heterocycles. The lowest BCUT2D eigenvalue weighted by Gasteiger charge is -2.18. The highest BCUT2D eigenvalue weighted by atomic mass is 32.2. The first-order chi connectivity index (χ1) is 12.1. The molecule has 3 nitrogen and oxygen atoms in total. The lowest BCUT2D eigenvalue weighted by Crippen LogP contribution is -2.17. The third-order valence-corrected chi connectivity index (χ3v) is 6.75. The number of ether oxygens (including phenoxy) is 1. The number of hydrogen-bond acceptors (Lipinski definition) is 3. The summed E-state index contributed by atoms with van der Waals surface area (Å²) in [6.45, 7) is 8.93. The number of halogens is 1. The molecule has 0 N–H and O–H groups in total. The van der Waals surface area contributed by atoms with Gasteiger partial charge in [0.2, 0.25) is 0 Å². The Balaban J connectivity index is 1.88. The predicted molar refractivity (Wildman–Crippen MR) is 105 cm³/mol. The molecule has 1 fully saturated rings. The smallest absolute Gasteiger partial charge is 0.165 e. The average molecular weight is 385 g/mol. The fraction of sp³-hybridized carbons (Fsp3) is 0.714. The first kappa shape index (κ1) is 21.2. The molecular weight excluding hydrogens is 351 g/mol. The summed E-state index contributed by atoms with van der Waals surface area (Å²) in [5.74, 6) is 0.543. The van der Waals surface area contributed by atoms with Crippen molar-refractivity contribution in [3.05, 3.63) is 29.6 Å². The van der Waals surface area contributed by atoms with E-state index < -0.39 is 9.84 Å². The molecule has 1 saturated carbocycles. The first-order valence-electron chi connectivity index (χ1n) is 9.68. The Labute approximate surface area is 158 Å². The Morgan fingerprint density at radius 3 is 2.54 bits per heavy atom. The molecule has 1 aromatic rings. The normalized spacial score (nSPS) is 16.5. The van der Waals surface area contributed by atoms with Gasteiger partial charge in [0, 0.05) is 0 Å². The van der Waals surface area contributed by atoms with Gasteiger partial charge in [-0.2, -0.15) is 0 Å². The quantitative estimate of drug-likeness (QED) is 0.511. The Morgan fingerprint density at radius 2 is 1.92 bits per heavy atom. The van der Waals surface area contributed by atoms with Gasteiger partial charge in [0.1, 0.15) is 0 Å². The van der Waals surface area contributed by atoms with Crippen molar-refractivity contribution in [3.8, 4) is 5.75 Å². The van der Waals surface area contributed by atoms with Crippen molar-refractivity contribution < 1.29 is 17.5 Å². The topological polar surface area (TPSA) is 43.4 Å². The van der Waals surface area contributed by atoms with E-state index in [9.17, 15) is 12.8 Å². The zero-order valence-corrected chi connectivity index (χ0v) is 17.4. The number of unbranched alkanes of at least 4 members (excludes halogenated alkanes) is 1. The van der Waals surface area contributed by atoms with Crippen molar-refractivity contribution in [1.29, 1.82) is 0 Å². The van der Waals surface area contributed by atoms with Crippen LogP contribution in [0.2, 0.25) is 0 Å². The lowest BCUT2D eigenvalue weighted by molar-refractivity contribution is 0.285. The predicted octanol–water partition coefficient (Wildman–Crippen LogP) is 5.35. The van der Waals surface area contributed by atoms with Gasteiger partial charge in [0.15, 0.2) is 21.4 Å². The van der Waals surface area contributed by atoms with Gasteiger partial charge in [-0.05, 0) is 60.6 Å². The van der Waals surface area contributed by atoms with Crippen LogP contribution in [-0.2, 0) is 9.84 Å². The van der Waals surface area contributed by atoms with E-state index in [2.05, 4.69) is 20.8 Å². The van der Waals surface area contributed by atoms with Crippen LogP contribution in [0.15, 0.2) is 18.2 Å². The van der Waals surface area contributed by atoms with E-state index in [-0.39, 0.29) is 34.4 Å². The maximum Gasteiger partial charge on any atom is 0.165 e. The second-order valence-corrected chi connectivity index (χ2v) is 11.2. The third-order valence-electron chi connectivity index (χ3n) is 4.83. The highest BCUT2D eigenvalue weighted by molar-refractivity contribution is 7.91. The fourth-order valence-corrected chi connectivity index (χ4v) is 4.73. The minimum Gasteiger partial charge on any atom is -0.490 e. The molecule has 0 radical (unpaired) electrons. The van der Waals surface area contributed by atoms with E-state index in [1.807, 2.05) is 6.92 Å². The Bertz CT molecular complexity index is 688. The third kappa shape index (κ3) is 7.65. The summed E-state index contributed by atoms with van der Waals surface area (Å²) in [6, 6.07) is 4.71. The molecule has 0 bridgehead atoms. The summed E-state index contributed by atoms with van der Waals surface area (Å²) >= 11 is 0. The number of sulfone groups is 1. The number of benzene rings is 1. The van der Waals surface area contributed by atoms with Gasteiger partial charge in [0.05, 0.1) is 18.1 Å². The van der Waals surface area contributed by atoms with Crippen molar-refractivity contribution in [2.24, 2.45) is 11.3 Å². The van der Waals surface area contributed by atoms with Crippen LogP contribution in [-0.4, -0.2) is 26.5 Å². The van der Waals surface area contributed by atoms with Crippen LogP contribution in [0.4, 0.5) is 4.39 Å². The Hall–Kier alpha value is -1.10. The molecule has 0 unspecified atom stereocenters. The molecule has 1 aromatic carbocycles. The van der Waals surface area contributed by atoms with Gasteiger partial charge in [-0.3, -0.25) is 0 Å². The molecule has 5 heteroatoms. The summed E-state index contributed by atoms with van der Waals surface area (Å²) in [5, 5.41) is 0. The van der Waals surface area contributed by atoms with E-state index in [0.717, 1.165) is 31.2 Å². The van der Waals surface area contributed by atoms with E-state index in [4.69, 9.17) is 4.74 Å². The van der Waals surface area contributed by atoms with E-state index >= 15 is 0 Å². The fourth-order valence-electron chi connectivity index (χ4n) is 2.97. The van der Waals surface area contributed by atoms with E-state index in [1.165, 1.54) is 6.07 Å². The highest BCUT2D eigenvalue weighted by Crippen LogP contribution is 2.31. The summed E-state index contributed by atoms with van der Waals surface area (Å²) in [4.78, 5) is 0. The maximum absolute atomic E-state index is 13.9. The number of hydrogen-bond donors (Lipinski definition) is 0. The van der Waals surface area contributed by atoms with Crippen LogP contribution in [0.1, 0.15) is 71.3 Å². The van der Waals surface area contributed by atoms with E-state index in [1.54, 1.807) is 12.1 Å². The second kappa shape index (κ2) is 8.73. The zero-order chi connectivity index (χ0) is 19.4. The monoisotopic (exact) mass is 384 g/mol. The summed E-state index contributed by atoms with van der Waals surface area (Å²) in [7, 11) is -3.12. The Morgan fingerprint density at radius 1 is 1.23 bits per heavy atom. The minimum absolute atomic E-state index is 0.0935. The van der Waals surface area contributed by atoms with Gasteiger partial charge in [-0.15, -0.1) is 0 Å². The van der Waals surface area contributed by atoms with Gasteiger partial charge in [0.25, 0.3) is 0 Å². The molecule has 0 amide bonds. The minimum atomic E-state index is -3.12. The van der Waals surface area contributed by atoms with Crippen LogP contribution in [0.25, 0.3) is 0 Å². The van der Waals surface area contributed by atoms with Gasteiger partial charge in [-0.25, -0.2) is 12.8 Å². The van der Waals surface area contributed by atoms with Crippen molar-refractivity contribution in [1.82, 2.24) is 0 Å². The maximum atomic E-state index is 13.9. The molecule has 26 heavy (non-hydrogen) atoms. The molecule has 0 aromatic heterocycles. The standard InChI is InChI=1S/C21H33FO3S/c1-16(15-26(23,24)12-6-5-11-21(2,3)4)18-9-10-19(22)20(13-18)25-14-17-7-8-17/h9-10,13,16-17H,5-8,11-12,14-15H2,1-4H3/t16-/m0/s1. The summed E-state index contributed by atoms with van der Waals surface area (Å²) < 4.78 is 44.3. The second-order valence-electron chi connectivity index (χ2n) is 8.98.